The number of nitrogens with zero attached hydrogens (tertiary/aromatic N) is 2. The molecule has 316 valence electrons. The number of likely N-dealkylation sites (N-methyl/N-ethyl adjacent to an activating group) is 2. The van der Waals surface area contributed by atoms with E-state index in [0.717, 1.165) is 17.7 Å². The zero-order valence-electron chi connectivity index (χ0n) is 34.6. The van der Waals surface area contributed by atoms with Crippen molar-refractivity contribution in [3.63, 3.8) is 0 Å². The van der Waals surface area contributed by atoms with E-state index in [1.165, 1.54) is 49.0 Å². The van der Waals surface area contributed by atoms with Crippen molar-refractivity contribution in [1.82, 2.24) is 25.2 Å². The second-order valence-corrected chi connectivity index (χ2v) is 18.1. The van der Waals surface area contributed by atoms with Crippen molar-refractivity contribution in [1.29, 1.82) is 0 Å². The lowest BCUT2D eigenvalue weighted by Gasteiger charge is -2.42. The first-order valence-corrected chi connectivity index (χ1v) is 19.7. The van der Waals surface area contributed by atoms with Crippen LogP contribution in [-0.4, -0.2) is 91.9 Å². The van der Waals surface area contributed by atoms with Gasteiger partial charge < -0.3 is 20.3 Å². The third-order valence-corrected chi connectivity index (χ3v) is 10.5. The third-order valence-electron chi connectivity index (χ3n) is 9.15. The van der Waals surface area contributed by atoms with Gasteiger partial charge >= 0.3 is 18.2 Å². The molecule has 3 N–H and O–H groups in total. The lowest BCUT2D eigenvalue weighted by Crippen LogP contribution is -2.63. The summed E-state index contributed by atoms with van der Waals surface area (Å²) >= 11 is 0. The fraction of sp³-hybridized carbons (Fsp3) is 0.525. The molecule has 0 aliphatic carbocycles. The van der Waals surface area contributed by atoms with Crippen LogP contribution in [-0.2, 0) is 45.9 Å². The number of alkyl halides is 3. The number of hydrogen-bond acceptors (Lipinski definition) is 8. The van der Waals surface area contributed by atoms with Gasteiger partial charge in [-0.25, -0.2) is 17.9 Å². The molecule has 17 heteroatoms. The maximum absolute atomic E-state index is 14.4. The third kappa shape index (κ3) is 13.3. The summed E-state index contributed by atoms with van der Waals surface area (Å²) in [5, 5.41) is 4.59. The summed E-state index contributed by atoms with van der Waals surface area (Å²) in [6.07, 6.45) is -4.09. The van der Waals surface area contributed by atoms with Crippen LogP contribution in [0.15, 0.2) is 71.1 Å². The molecule has 5 amide bonds. The molecule has 3 atom stereocenters. The average molecular weight is 824 g/mol. The van der Waals surface area contributed by atoms with Crippen LogP contribution in [0.5, 0.6) is 0 Å². The minimum absolute atomic E-state index is 0.0448. The summed E-state index contributed by atoms with van der Waals surface area (Å²) in [5.41, 5.74) is -1.77. The molecule has 0 radical (unpaired) electrons. The van der Waals surface area contributed by atoms with E-state index in [1.54, 1.807) is 53.8 Å². The van der Waals surface area contributed by atoms with Crippen molar-refractivity contribution in [3.05, 3.63) is 77.4 Å². The number of hydrogen-bond donors (Lipinski definition) is 3. The molecule has 0 fully saturated rings. The second-order valence-electron chi connectivity index (χ2n) is 16.4. The van der Waals surface area contributed by atoms with Crippen molar-refractivity contribution in [2.24, 2.45) is 5.41 Å². The van der Waals surface area contributed by atoms with Gasteiger partial charge in [-0.15, -0.1) is 0 Å². The highest BCUT2D eigenvalue weighted by Crippen LogP contribution is 2.32. The van der Waals surface area contributed by atoms with E-state index in [0.29, 0.717) is 6.42 Å². The molecule has 0 bridgehead atoms. The Bertz CT molecular complexity index is 1900. The van der Waals surface area contributed by atoms with Gasteiger partial charge in [0, 0.05) is 31.6 Å². The SMILES string of the molecule is CC[C@@H](/C=C(\C)C(=O)NS(=O)(=O)c1ccc(CNC(=O)C(F)(F)F)cc1)N(C)C(=O)[C@@H](NC(=O)[C@@H](N(C)C(=O)OC(C)(C)C)C(C)(C)c1ccccc1)C(C)(C)C. The van der Waals surface area contributed by atoms with Crippen molar-refractivity contribution in [2.45, 2.75) is 122 Å². The smallest absolute Gasteiger partial charge is 0.444 e. The van der Waals surface area contributed by atoms with Gasteiger partial charge in [-0.05, 0) is 62.8 Å². The Morgan fingerprint density at radius 2 is 1.39 bits per heavy atom. The zero-order chi connectivity index (χ0) is 43.9. The Balaban J connectivity index is 2.35. The number of benzene rings is 2. The highest BCUT2D eigenvalue weighted by molar-refractivity contribution is 7.90. The lowest BCUT2D eigenvalue weighted by molar-refractivity contribution is -0.173. The number of halogens is 3. The molecular formula is C40H56F3N5O8S. The van der Waals surface area contributed by atoms with Crippen LogP contribution < -0.4 is 15.4 Å². The van der Waals surface area contributed by atoms with Crippen LogP contribution in [0, 0.1) is 5.41 Å². The molecule has 2 aromatic rings. The van der Waals surface area contributed by atoms with Gasteiger partial charge in [-0.2, -0.15) is 13.2 Å². The zero-order valence-corrected chi connectivity index (χ0v) is 35.4. The van der Waals surface area contributed by atoms with Gasteiger partial charge in [-0.1, -0.05) is 90.1 Å². The second kappa shape index (κ2) is 18.6. The normalized spacial score (nSPS) is 14.4. The van der Waals surface area contributed by atoms with E-state index in [1.807, 2.05) is 48.9 Å². The number of sulfonamides is 1. The molecule has 0 unspecified atom stereocenters. The quantitative estimate of drug-likeness (QED) is 0.207. The van der Waals surface area contributed by atoms with Crippen molar-refractivity contribution in [2.75, 3.05) is 14.1 Å². The molecule has 0 saturated carbocycles. The summed E-state index contributed by atoms with van der Waals surface area (Å²) in [6.45, 7) is 16.7. The molecule has 0 aliphatic heterocycles. The van der Waals surface area contributed by atoms with E-state index in [9.17, 15) is 45.6 Å². The van der Waals surface area contributed by atoms with Crippen LogP contribution in [0.4, 0.5) is 18.0 Å². The number of nitrogens with one attached hydrogen (secondary N) is 3. The fourth-order valence-corrected chi connectivity index (χ4v) is 6.91. The largest absolute Gasteiger partial charge is 0.471 e. The molecule has 0 spiro atoms. The predicted molar refractivity (Wildman–Crippen MR) is 209 cm³/mol. The first kappa shape index (κ1) is 48.2. The summed E-state index contributed by atoms with van der Waals surface area (Å²) in [7, 11) is -1.48. The average Bonchev–Trinajstić information content (AvgIpc) is 3.09. The van der Waals surface area contributed by atoms with Crippen LogP contribution >= 0.6 is 0 Å². The van der Waals surface area contributed by atoms with E-state index < -0.39 is 87.0 Å². The maximum Gasteiger partial charge on any atom is 0.471 e. The Labute approximate surface area is 333 Å². The van der Waals surface area contributed by atoms with Gasteiger partial charge in [0.15, 0.2) is 0 Å². The first-order chi connectivity index (χ1) is 25.9. The fourth-order valence-electron chi connectivity index (χ4n) is 5.89. The number of carbonyl (C=O) groups excluding carboxylic acids is 5. The molecule has 2 rings (SSSR count). The predicted octanol–water partition coefficient (Wildman–Crippen LogP) is 5.60. The maximum atomic E-state index is 14.4. The number of rotatable bonds is 14. The molecular weight excluding hydrogens is 768 g/mol. The molecule has 0 aliphatic rings. The van der Waals surface area contributed by atoms with E-state index in [4.69, 9.17) is 4.74 Å². The molecule has 0 heterocycles. The Morgan fingerprint density at radius 1 is 0.842 bits per heavy atom. The molecule has 2 aromatic carbocycles. The van der Waals surface area contributed by atoms with Gasteiger partial charge in [0.05, 0.1) is 10.9 Å². The number of carbonyl (C=O) groups is 5. The summed E-state index contributed by atoms with van der Waals surface area (Å²) in [4.78, 5) is 68.5. The highest BCUT2D eigenvalue weighted by Gasteiger charge is 2.46. The Hall–Kier alpha value is -4.93. The monoisotopic (exact) mass is 823 g/mol. The van der Waals surface area contributed by atoms with Gasteiger partial charge in [0.25, 0.3) is 15.9 Å². The topological polar surface area (TPSA) is 171 Å². The molecule has 57 heavy (non-hydrogen) atoms. The van der Waals surface area contributed by atoms with Crippen LogP contribution in [0.1, 0.15) is 86.8 Å². The van der Waals surface area contributed by atoms with E-state index in [-0.39, 0.29) is 16.0 Å². The lowest BCUT2D eigenvalue weighted by atomic mass is 9.76. The van der Waals surface area contributed by atoms with E-state index in [2.05, 4.69) is 5.32 Å². The van der Waals surface area contributed by atoms with Crippen LogP contribution in [0.3, 0.4) is 0 Å². The minimum atomic E-state index is -5.08. The molecule has 13 nitrogen and oxygen atoms in total. The summed E-state index contributed by atoms with van der Waals surface area (Å²) in [6, 6.07) is 10.7. The molecule has 0 saturated heterocycles. The number of ether oxygens (including phenoxy) is 1. The standard InChI is InChI=1S/C40H56F3N5O8S/c1-13-28(23-25(2)32(49)46-57(54,55)29-21-19-26(20-22-29)24-44-35(52)40(41,42)43)47(11)34(51)30(37(3,4)5)45-33(50)31(48(12)36(53)56-38(6,7)8)39(9,10)27-17-15-14-16-18-27/h14-23,28,30-31H,13,24H2,1-12H3,(H,44,52)(H,45,50)(H,46,49)/b25-23+/t28-,30+,31+/m0/s1. The first-order valence-electron chi connectivity index (χ1n) is 18.2. The van der Waals surface area contributed by atoms with Crippen molar-refractivity contribution < 1.29 is 50.3 Å². The van der Waals surface area contributed by atoms with Crippen LogP contribution in [0.2, 0.25) is 0 Å². The highest BCUT2D eigenvalue weighted by atomic mass is 32.2. The summed E-state index contributed by atoms with van der Waals surface area (Å²) in [5.74, 6) is -4.26. The van der Waals surface area contributed by atoms with Crippen molar-refractivity contribution >= 4 is 39.7 Å². The van der Waals surface area contributed by atoms with Crippen LogP contribution in [0.25, 0.3) is 0 Å². The van der Waals surface area contributed by atoms with E-state index >= 15 is 0 Å². The Kier molecular flexibility index (Phi) is 15.7. The Morgan fingerprint density at radius 3 is 1.86 bits per heavy atom. The minimum Gasteiger partial charge on any atom is -0.444 e. The van der Waals surface area contributed by atoms with Gasteiger partial charge in [0.1, 0.15) is 17.7 Å². The molecule has 0 aromatic heterocycles. The number of amides is 5. The van der Waals surface area contributed by atoms with Gasteiger partial charge in [-0.3, -0.25) is 24.1 Å². The van der Waals surface area contributed by atoms with Crippen molar-refractivity contribution in [3.8, 4) is 0 Å². The summed E-state index contributed by atoms with van der Waals surface area (Å²) < 4.78 is 71.0. The van der Waals surface area contributed by atoms with Gasteiger partial charge in [0.2, 0.25) is 11.8 Å².